The first-order chi connectivity index (χ1) is 33.5. The minimum Gasteiger partial charge on any atom is -0.466 e. The first-order valence-electron chi connectivity index (χ1n) is 30.6. The van der Waals surface area contributed by atoms with Gasteiger partial charge in [0, 0.05) is 12.8 Å². The fourth-order valence-corrected chi connectivity index (χ4v) is 9.51. The van der Waals surface area contributed by atoms with E-state index in [1.54, 1.807) is 0 Å². The van der Waals surface area contributed by atoms with E-state index in [-0.39, 0.29) is 18.5 Å². The number of unbranched alkanes of at least 4 members (excludes halogenated alkanes) is 42. The molecule has 0 saturated carbocycles. The molecule has 0 heterocycles. The van der Waals surface area contributed by atoms with Gasteiger partial charge in [0.2, 0.25) is 5.91 Å². The van der Waals surface area contributed by atoms with Crippen LogP contribution in [0.2, 0.25) is 0 Å². The molecule has 1 amide bonds. The number of aliphatic hydroxyl groups is 2. The van der Waals surface area contributed by atoms with Crippen molar-refractivity contribution in [1.29, 1.82) is 0 Å². The van der Waals surface area contributed by atoms with Crippen LogP contribution in [-0.4, -0.2) is 47.4 Å². The van der Waals surface area contributed by atoms with Gasteiger partial charge in [0.1, 0.15) is 0 Å². The predicted molar refractivity (Wildman–Crippen MR) is 296 cm³/mol. The number of hydrogen-bond acceptors (Lipinski definition) is 5. The Kier molecular flexibility index (Phi) is 56.5. The largest absolute Gasteiger partial charge is 0.466 e. The SMILES string of the molecule is CCCCCCCC/C=C\CCCCCCCC(=O)OCCCCCCCCCCCCC/C=C\CCCCCCCCCC(=O)NC(CO)C(O)CCCCCCCCCCCCCCCC. The molecule has 0 spiro atoms. The molecule has 2 unspecified atom stereocenters. The molecule has 0 aliphatic rings. The lowest BCUT2D eigenvalue weighted by molar-refractivity contribution is -0.143. The molecule has 3 N–H and O–H groups in total. The van der Waals surface area contributed by atoms with E-state index >= 15 is 0 Å². The molecule has 68 heavy (non-hydrogen) atoms. The Labute approximate surface area is 424 Å². The van der Waals surface area contributed by atoms with Crippen LogP contribution in [0.3, 0.4) is 0 Å². The second-order valence-electron chi connectivity index (χ2n) is 21.0. The van der Waals surface area contributed by atoms with Gasteiger partial charge < -0.3 is 20.3 Å². The third kappa shape index (κ3) is 53.7. The van der Waals surface area contributed by atoms with Crippen molar-refractivity contribution < 1.29 is 24.5 Å². The van der Waals surface area contributed by atoms with Crippen molar-refractivity contribution in [2.45, 2.75) is 347 Å². The summed E-state index contributed by atoms with van der Waals surface area (Å²) in [6, 6.07) is -0.546. The number of rotatable bonds is 57. The van der Waals surface area contributed by atoms with Crippen molar-refractivity contribution in [3.05, 3.63) is 24.3 Å². The molecule has 0 aliphatic carbocycles. The Morgan fingerprint density at radius 3 is 1.04 bits per heavy atom. The Morgan fingerprint density at radius 2 is 0.691 bits per heavy atom. The average Bonchev–Trinajstić information content (AvgIpc) is 3.34. The maximum absolute atomic E-state index is 12.5. The highest BCUT2D eigenvalue weighted by Crippen LogP contribution is 2.17. The fraction of sp³-hybridized carbons (Fsp3) is 0.903. The van der Waals surface area contributed by atoms with Crippen LogP contribution in [-0.2, 0) is 14.3 Å². The van der Waals surface area contributed by atoms with Crippen LogP contribution in [0.4, 0.5) is 0 Å². The van der Waals surface area contributed by atoms with Crippen molar-refractivity contribution in [2.75, 3.05) is 13.2 Å². The molecule has 402 valence electrons. The number of ether oxygens (including phenoxy) is 1. The number of hydrogen-bond donors (Lipinski definition) is 3. The van der Waals surface area contributed by atoms with Gasteiger partial charge in [0.15, 0.2) is 0 Å². The van der Waals surface area contributed by atoms with Gasteiger partial charge in [0.05, 0.1) is 25.4 Å². The Balaban J connectivity index is 3.41. The second kappa shape index (κ2) is 57.9. The molecule has 0 aromatic carbocycles. The molecule has 0 aliphatic heterocycles. The van der Waals surface area contributed by atoms with Gasteiger partial charge in [-0.1, -0.05) is 269 Å². The number of esters is 1. The second-order valence-corrected chi connectivity index (χ2v) is 21.0. The molecule has 6 heteroatoms. The van der Waals surface area contributed by atoms with E-state index in [0.29, 0.717) is 25.9 Å². The number of nitrogens with one attached hydrogen (secondary N) is 1. The Bertz CT molecular complexity index is 1060. The lowest BCUT2D eigenvalue weighted by Gasteiger charge is -2.22. The molecule has 0 aromatic heterocycles. The zero-order valence-electron chi connectivity index (χ0n) is 45.9. The van der Waals surface area contributed by atoms with Crippen molar-refractivity contribution in [3.8, 4) is 0 Å². The minimum absolute atomic E-state index is 0.00233. The van der Waals surface area contributed by atoms with E-state index in [1.165, 1.54) is 257 Å². The van der Waals surface area contributed by atoms with Crippen LogP contribution in [0, 0.1) is 0 Å². The van der Waals surface area contributed by atoms with Crippen LogP contribution >= 0.6 is 0 Å². The van der Waals surface area contributed by atoms with Gasteiger partial charge in [-0.05, 0) is 77.0 Å². The maximum Gasteiger partial charge on any atom is 0.305 e. The summed E-state index contributed by atoms with van der Waals surface area (Å²) in [6.45, 7) is 4.95. The Morgan fingerprint density at radius 1 is 0.397 bits per heavy atom. The number of amides is 1. The smallest absolute Gasteiger partial charge is 0.305 e. The predicted octanol–water partition coefficient (Wildman–Crippen LogP) is 19.0. The summed E-state index contributed by atoms with van der Waals surface area (Å²) in [5.41, 5.74) is 0. The average molecular weight is 959 g/mol. The van der Waals surface area contributed by atoms with Crippen molar-refractivity contribution in [1.82, 2.24) is 5.32 Å². The van der Waals surface area contributed by atoms with E-state index < -0.39 is 12.1 Å². The van der Waals surface area contributed by atoms with E-state index in [0.717, 1.165) is 44.9 Å². The summed E-state index contributed by atoms with van der Waals surface area (Å²) in [5, 5.41) is 23.3. The topological polar surface area (TPSA) is 95.9 Å². The summed E-state index contributed by atoms with van der Waals surface area (Å²) in [7, 11) is 0. The molecule has 0 radical (unpaired) electrons. The monoisotopic (exact) mass is 958 g/mol. The third-order valence-electron chi connectivity index (χ3n) is 14.2. The van der Waals surface area contributed by atoms with Gasteiger partial charge in [-0.3, -0.25) is 9.59 Å². The van der Waals surface area contributed by atoms with Gasteiger partial charge in [-0.15, -0.1) is 0 Å². The lowest BCUT2D eigenvalue weighted by Crippen LogP contribution is -2.45. The zero-order chi connectivity index (χ0) is 49.3. The number of carbonyl (C=O) groups is 2. The van der Waals surface area contributed by atoms with Crippen LogP contribution in [0.5, 0.6) is 0 Å². The number of allylic oxidation sites excluding steroid dienone is 4. The van der Waals surface area contributed by atoms with Gasteiger partial charge in [0.25, 0.3) is 0 Å². The summed E-state index contributed by atoms with van der Waals surface area (Å²) in [6.07, 6.45) is 70.4. The van der Waals surface area contributed by atoms with Crippen molar-refractivity contribution in [2.24, 2.45) is 0 Å². The molecular weight excluding hydrogens is 839 g/mol. The molecule has 0 fully saturated rings. The highest BCUT2D eigenvalue weighted by Gasteiger charge is 2.20. The van der Waals surface area contributed by atoms with Gasteiger partial charge in [-0.25, -0.2) is 0 Å². The van der Waals surface area contributed by atoms with E-state index in [9.17, 15) is 19.8 Å². The molecule has 6 nitrogen and oxygen atoms in total. The maximum atomic E-state index is 12.5. The van der Waals surface area contributed by atoms with E-state index in [1.807, 2.05) is 0 Å². The van der Waals surface area contributed by atoms with Crippen molar-refractivity contribution >= 4 is 11.9 Å². The zero-order valence-corrected chi connectivity index (χ0v) is 45.9. The highest BCUT2D eigenvalue weighted by atomic mass is 16.5. The molecule has 0 saturated heterocycles. The summed E-state index contributed by atoms with van der Waals surface area (Å²) < 4.78 is 5.48. The summed E-state index contributed by atoms with van der Waals surface area (Å²) in [5.74, 6) is -0.0384. The third-order valence-corrected chi connectivity index (χ3v) is 14.2. The molecule has 0 rings (SSSR count). The molecule has 0 bridgehead atoms. The summed E-state index contributed by atoms with van der Waals surface area (Å²) in [4.78, 5) is 24.5. The normalized spacial score (nSPS) is 12.7. The Hall–Kier alpha value is -1.66. The van der Waals surface area contributed by atoms with Crippen LogP contribution < -0.4 is 5.32 Å². The number of aliphatic hydroxyl groups excluding tert-OH is 2. The van der Waals surface area contributed by atoms with E-state index in [4.69, 9.17) is 4.74 Å². The number of carbonyl (C=O) groups excluding carboxylic acids is 2. The molecular formula is C62H119NO5. The molecule has 2 atom stereocenters. The van der Waals surface area contributed by atoms with Gasteiger partial charge in [-0.2, -0.15) is 0 Å². The first-order valence-corrected chi connectivity index (χ1v) is 30.6. The van der Waals surface area contributed by atoms with Crippen LogP contribution in [0.1, 0.15) is 335 Å². The first kappa shape index (κ1) is 66.3. The van der Waals surface area contributed by atoms with Crippen molar-refractivity contribution in [3.63, 3.8) is 0 Å². The van der Waals surface area contributed by atoms with E-state index in [2.05, 4.69) is 43.5 Å². The minimum atomic E-state index is -0.668. The van der Waals surface area contributed by atoms with Crippen LogP contribution in [0.15, 0.2) is 24.3 Å². The summed E-state index contributed by atoms with van der Waals surface area (Å²) >= 11 is 0. The molecule has 0 aromatic rings. The standard InChI is InChI=1S/C62H119NO5/c1-3-5-7-9-11-13-15-17-27-32-36-40-44-48-52-56-62(67)68-57-53-49-45-41-37-33-29-26-24-22-20-19-21-23-25-28-31-35-39-43-47-51-55-61(66)63-59(58-64)60(65)54-50-46-42-38-34-30-18-16-14-12-10-8-6-4-2/h17,21,23,27,59-60,64-65H,3-16,18-20,22,24-26,28-58H2,1-2H3,(H,63,66)/b23-21-,27-17-. The highest BCUT2D eigenvalue weighted by molar-refractivity contribution is 5.76. The van der Waals surface area contributed by atoms with Gasteiger partial charge >= 0.3 is 5.97 Å². The lowest BCUT2D eigenvalue weighted by atomic mass is 10.0. The fourth-order valence-electron chi connectivity index (χ4n) is 9.51. The quantitative estimate of drug-likeness (QED) is 0.0321. The van der Waals surface area contributed by atoms with Crippen LogP contribution in [0.25, 0.3) is 0 Å².